The zero-order valence-corrected chi connectivity index (χ0v) is 11.8. The predicted molar refractivity (Wildman–Crippen MR) is 72.3 cm³/mol. The van der Waals surface area contributed by atoms with Gasteiger partial charge in [0, 0.05) is 28.4 Å². The van der Waals surface area contributed by atoms with Gasteiger partial charge >= 0.3 is 11.7 Å². The predicted octanol–water partition coefficient (Wildman–Crippen LogP) is 1.86. The van der Waals surface area contributed by atoms with Crippen molar-refractivity contribution in [3.05, 3.63) is 34.4 Å². The Morgan fingerprint density at radius 2 is 2.20 bits per heavy atom. The summed E-state index contributed by atoms with van der Waals surface area (Å²) in [5.74, 6) is -0.460. The van der Waals surface area contributed by atoms with Crippen molar-refractivity contribution < 1.29 is 23.7 Å². The number of para-hydroxylation sites is 2. The molecule has 2 unspecified atom stereocenters. The van der Waals surface area contributed by atoms with Gasteiger partial charge in [-0.05, 0) is 6.07 Å². The number of hydrogen-bond acceptors (Lipinski definition) is 6. The van der Waals surface area contributed by atoms with Crippen molar-refractivity contribution in [1.29, 1.82) is 0 Å². The van der Waals surface area contributed by atoms with E-state index >= 15 is 0 Å². The largest absolute Gasteiger partial charge is 0.468 e. The third-order valence-electron chi connectivity index (χ3n) is 3.10. The number of benzene rings is 1. The van der Waals surface area contributed by atoms with Crippen LogP contribution in [0.2, 0.25) is 0 Å². The van der Waals surface area contributed by atoms with Crippen LogP contribution < -0.4 is 4.74 Å². The van der Waals surface area contributed by atoms with Crippen LogP contribution in [0.3, 0.4) is 0 Å². The van der Waals surface area contributed by atoms with Crippen LogP contribution in [-0.2, 0) is 14.1 Å². The molecule has 0 bridgehead atoms. The standard InChI is InChI=1S/C12H14NO6P/c14-11-12(5-7-17-11,6-8-18-20)19-10-4-2-1-3-9(10)13(15)16/h1-4H,5-8,20H2. The summed E-state index contributed by atoms with van der Waals surface area (Å²) in [5.41, 5.74) is -1.40. The van der Waals surface area contributed by atoms with Gasteiger partial charge in [-0.25, -0.2) is 4.79 Å². The topological polar surface area (TPSA) is 87.9 Å². The number of rotatable bonds is 6. The lowest BCUT2D eigenvalue weighted by Gasteiger charge is -2.25. The van der Waals surface area contributed by atoms with Crippen LogP contribution in [0.25, 0.3) is 0 Å². The van der Waals surface area contributed by atoms with E-state index in [-0.39, 0.29) is 31.1 Å². The van der Waals surface area contributed by atoms with Gasteiger partial charge in [-0.3, -0.25) is 10.1 Å². The molecule has 1 fully saturated rings. The van der Waals surface area contributed by atoms with Crippen molar-refractivity contribution in [2.75, 3.05) is 13.2 Å². The first-order valence-corrected chi connectivity index (χ1v) is 6.47. The second-order valence-corrected chi connectivity index (χ2v) is 4.66. The van der Waals surface area contributed by atoms with Gasteiger partial charge in [0.2, 0.25) is 5.60 Å². The van der Waals surface area contributed by atoms with E-state index in [1.807, 2.05) is 0 Å². The Kier molecular flexibility index (Phi) is 4.52. The van der Waals surface area contributed by atoms with Gasteiger partial charge in [-0.1, -0.05) is 12.1 Å². The molecule has 0 amide bonds. The lowest BCUT2D eigenvalue weighted by Crippen LogP contribution is -2.42. The minimum atomic E-state index is -1.22. The SMILES string of the molecule is O=C1OCCC1(CCOP)Oc1ccccc1[N+](=O)[O-]. The Labute approximate surface area is 117 Å². The zero-order chi connectivity index (χ0) is 14.6. The highest BCUT2D eigenvalue weighted by Crippen LogP contribution is 2.35. The molecule has 1 aromatic carbocycles. The van der Waals surface area contributed by atoms with Gasteiger partial charge in [-0.15, -0.1) is 0 Å². The molecule has 1 aliphatic heterocycles. The maximum absolute atomic E-state index is 11.9. The molecule has 1 aromatic rings. The summed E-state index contributed by atoms with van der Waals surface area (Å²) in [5, 5.41) is 11.0. The summed E-state index contributed by atoms with van der Waals surface area (Å²) in [6.07, 6.45) is 0.604. The minimum absolute atomic E-state index is 0.0557. The summed E-state index contributed by atoms with van der Waals surface area (Å²) in [6, 6.07) is 5.95. The summed E-state index contributed by atoms with van der Waals surface area (Å²) in [7, 11) is 2.09. The van der Waals surface area contributed by atoms with Gasteiger partial charge in [-0.2, -0.15) is 0 Å². The van der Waals surface area contributed by atoms with Crippen LogP contribution in [-0.4, -0.2) is 29.7 Å². The Morgan fingerprint density at radius 3 is 2.80 bits per heavy atom. The van der Waals surface area contributed by atoms with Crippen molar-refractivity contribution >= 4 is 21.1 Å². The van der Waals surface area contributed by atoms with E-state index < -0.39 is 16.5 Å². The van der Waals surface area contributed by atoms with Crippen LogP contribution in [0, 0.1) is 10.1 Å². The first-order chi connectivity index (χ1) is 9.59. The van der Waals surface area contributed by atoms with Crippen LogP contribution in [0.5, 0.6) is 5.75 Å². The molecule has 108 valence electrons. The molecule has 2 atom stereocenters. The highest BCUT2D eigenvalue weighted by atomic mass is 31.0. The lowest BCUT2D eigenvalue weighted by atomic mass is 9.98. The van der Waals surface area contributed by atoms with Gasteiger partial charge in [0.05, 0.1) is 18.1 Å². The fourth-order valence-corrected chi connectivity index (χ4v) is 2.16. The minimum Gasteiger partial charge on any atom is -0.468 e. The lowest BCUT2D eigenvalue weighted by molar-refractivity contribution is -0.386. The fourth-order valence-electron chi connectivity index (χ4n) is 2.04. The van der Waals surface area contributed by atoms with Gasteiger partial charge in [0.25, 0.3) is 0 Å². The van der Waals surface area contributed by atoms with Gasteiger partial charge < -0.3 is 14.0 Å². The molecule has 7 nitrogen and oxygen atoms in total. The molecule has 0 saturated carbocycles. The number of hydrogen-bond donors (Lipinski definition) is 0. The quantitative estimate of drug-likeness (QED) is 0.345. The van der Waals surface area contributed by atoms with E-state index in [9.17, 15) is 14.9 Å². The molecule has 0 aliphatic carbocycles. The zero-order valence-electron chi connectivity index (χ0n) is 10.6. The number of cyclic esters (lactones) is 1. The van der Waals surface area contributed by atoms with E-state index in [0.29, 0.717) is 6.42 Å². The number of carbonyl (C=O) groups excluding carboxylic acids is 1. The number of nitro groups is 1. The van der Waals surface area contributed by atoms with E-state index in [4.69, 9.17) is 14.0 Å². The summed E-state index contributed by atoms with van der Waals surface area (Å²) in [4.78, 5) is 22.3. The highest BCUT2D eigenvalue weighted by Gasteiger charge is 2.47. The molecule has 2 rings (SSSR count). The van der Waals surface area contributed by atoms with Gasteiger partial charge in [0.1, 0.15) is 0 Å². The Hall–Kier alpha value is -1.72. The first kappa shape index (κ1) is 14.7. The van der Waals surface area contributed by atoms with Crippen molar-refractivity contribution in [2.45, 2.75) is 18.4 Å². The van der Waals surface area contributed by atoms with Crippen LogP contribution in [0.1, 0.15) is 12.8 Å². The molecule has 8 heteroatoms. The average Bonchev–Trinajstić information content (AvgIpc) is 2.78. The van der Waals surface area contributed by atoms with Crippen molar-refractivity contribution in [2.24, 2.45) is 0 Å². The number of ether oxygens (including phenoxy) is 2. The summed E-state index contributed by atoms with van der Waals surface area (Å²) >= 11 is 0. The molecule has 1 aliphatic rings. The van der Waals surface area contributed by atoms with Crippen molar-refractivity contribution in [3.63, 3.8) is 0 Å². The highest BCUT2D eigenvalue weighted by molar-refractivity contribution is 7.09. The molecule has 20 heavy (non-hydrogen) atoms. The second kappa shape index (κ2) is 6.15. The van der Waals surface area contributed by atoms with E-state index in [1.165, 1.54) is 18.2 Å². The molecule has 0 spiro atoms. The molecule has 0 radical (unpaired) electrons. The monoisotopic (exact) mass is 299 g/mol. The summed E-state index contributed by atoms with van der Waals surface area (Å²) in [6.45, 7) is 0.497. The van der Waals surface area contributed by atoms with E-state index in [2.05, 4.69) is 9.47 Å². The second-order valence-electron chi connectivity index (χ2n) is 4.33. The molecule has 1 saturated heterocycles. The molecule has 1 heterocycles. The van der Waals surface area contributed by atoms with Gasteiger partial charge in [0.15, 0.2) is 5.75 Å². The third kappa shape index (κ3) is 2.89. The van der Waals surface area contributed by atoms with E-state index in [0.717, 1.165) is 0 Å². The number of carbonyl (C=O) groups is 1. The molecular formula is C12H14NO6P. The van der Waals surface area contributed by atoms with E-state index in [1.54, 1.807) is 6.07 Å². The Balaban J connectivity index is 2.29. The number of nitro benzene ring substituents is 1. The van der Waals surface area contributed by atoms with Crippen LogP contribution in [0.4, 0.5) is 5.69 Å². The number of nitrogens with zero attached hydrogens (tertiary/aromatic N) is 1. The summed E-state index contributed by atoms with van der Waals surface area (Å²) < 4.78 is 15.5. The Bertz CT molecular complexity index is 522. The third-order valence-corrected chi connectivity index (χ3v) is 3.34. The average molecular weight is 299 g/mol. The normalized spacial score (nSPS) is 21.6. The molecule has 0 aromatic heterocycles. The van der Waals surface area contributed by atoms with Crippen LogP contribution in [0.15, 0.2) is 24.3 Å². The Morgan fingerprint density at radius 1 is 1.45 bits per heavy atom. The molecular weight excluding hydrogens is 285 g/mol. The maximum Gasteiger partial charge on any atom is 0.350 e. The van der Waals surface area contributed by atoms with Crippen molar-refractivity contribution in [1.82, 2.24) is 0 Å². The molecule has 0 N–H and O–H groups in total. The van der Waals surface area contributed by atoms with Crippen molar-refractivity contribution in [3.8, 4) is 5.75 Å². The number of esters is 1. The first-order valence-electron chi connectivity index (χ1n) is 6.00. The van der Waals surface area contributed by atoms with Crippen LogP contribution >= 0.6 is 9.47 Å². The fraction of sp³-hybridized carbons (Fsp3) is 0.417. The maximum atomic E-state index is 11.9. The smallest absolute Gasteiger partial charge is 0.350 e.